The van der Waals surface area contributed by atoms with Crippen molar-refractivity contribution in [2.45, 2.75) is 26.6 Å². The van der Waals surface area contributed by atoms with Crippen LogP contribution >= 0.6 is 15.9 Å². The lowest BCUT2D eigenvalue weighted by Crippen LogP contribution is -2.12. The standard InChI is InChI=1S/C28H23BrF3NO3/c1-3-35-27(34)20-13-21(28(30,31)32)15-23(14-20)33-18(2)9-11-25(33)24-16-22(29)10-12-26(24)36-17-19-7-5-4-6-8-19/h4-16H,3,17H2,1-2H3. The molecular formula is C28H23BrF3NO3. The Hall–Kier alpha value is -3.52. The van der Waals surface area contributed by atoms with Crippen molar-refractivity contribution in [3.63, 3.8) is 0 Å². The summed E-state index contributed by atoms with van der Waals surface area (Å²) in [5.41, 5.74) is 2.06. The molecule has 4 nitrogen and oxygen atoms in total. The second-order valence-electron chi connectivity index (χ2n) is 8.10. The molecule has 0 saturated heterocycles. The predicted molar refractivity (Wildman–Crippen MR) is 135 cm³/mol. The normalized spacial score (nSPS) is 11.4. The highest BCUT2D eigenvalue weighted by Crippen LogP contribution is 2.38. The molecule has 186 valence electrons. The molecule has 1 aromatic heterocycles. The van der Waals surface area contributed by atoms with Crippen LogP contribution in [-0.2, 0) is 17.5 Å². The van der Waals surface area contributed by atoms with Crippen molar-refractivity contribution in [1.29, 1.82) is 0 Å². The van der Waals surface area contributed by atoms with E-state index in [-0.39, 0.29) is 17.9 Å². The Labute approximate surface area is 215 Å². The van der Waals surface area contributed by atoms with Crippen molar-refractivity contribution >= 4 is 21.9 Å². The number of aromatic nitrogens is 1. The molecule has 0 atom stereocenters. The molecule has 4 aromatic rings. The molecule has 4 rings (SSSR count). The molecule has 0 radical (unpaired) electrons. The van der Waals surface area contributed by atoms with E-state index in [2.05, 4.69) is 15.9 Å². The topological polar surface area (TPSA) is 40.5 Å². The molecular weight excluding hydrogens is 535 g/mol. The molecule has 0 amide bonds. The van der Waals surface area contributed by atoms with E-state index in [1.807, 2.05) is 60.7 Å². The first-order valence-electron chi connectivity index (χ1n) is 11.2. The van der Waals surface area contributed by atoms with Crippen LogP contribution in [0.25, 0.3) is 16.9 Å². The van der Waals surface area contributed by atoms with Crippen molar-refractivity contribution in [3.05, 3.63) is 106 Å². The Kier molecular flexibility index (Phi) is 7.54. The number of rotatable bonds is 7. The summed E-state index contributed by atoms with van der Waals surface area (Å²) in [5, 5.41) is 0. The molecule has 0 saturated carbocycles. The summed E-state index contributed by atoms with van der Waals surface area (Å²) in [5.74, 6) is -0.246. The van der Waals surface area contributed by atoms with Gasteiger partial charge >= 0.3 is 12.1 Å². The average molecular weight is 558 g/mol. The van der Waals surface area contributed by atoms with Gasteiger partial charge in [0.2, 0.25) is 0 Å². The molecule has 0 aliphatic rings. The fourth-order valence-electron chi connectivity index (χ4n) is 3.89. The summed E-state index contributed by atoms with van der Waals surface area (Å²) in [6, 6.07) is 22.0. The lowest BCUT2D eigenvalue weighted by atomic mass is 10.1. The van der Waals surface area contributed by atoms with Crippen molar-refractivity contribution < 1.29 is 27.4 Å². The summed E-state index contributed by atoms with van der Waals surface area (Å²) in [4.78, 5) is 12.4. The van der Waals surface area contributed by atoms with Gasteiger partial charge in [0, 0.05) is 21.4 Å². The van der Waals surface area contributed by atoms with Crippen LogP contribution in [0.5, 0.6) is 5.75 Å². The van der Waals surface area contributed by atoms with Crippen LogP contribution in [0.1, 0.15) is 34.1 Å². The maximum absolute atomic E-state index is 13.8. The molecule has 0 fully saturated rings. The van der Waals surface area contributed by atoms with Gasteiger partial charge in [0.05, 0.1) is 23.4 Å². The van der Waals surface area contributed by atoms with Crippen LogP contribution in [0.15, 0.2) is 83.3 Å². The average Bonchev–Trinajstić information content (AvgIpc) is 3.24. The van der Waals surface area contributed by atoms with Gasteiger partial charge in [-0.05, 0) is 67.9 Å². The number of carbonyl (C=O) groups excluding carboxylic acids is 1. The zero-order chi connectivity index (χ0) is 25.9. The highest BCUT2D eigenvalue weighted by molar-refractivity contribution is 9.10. The van der Waals surface area contributed by atoms with Crippen LogP contribution in [-0.4, -0.2) is 17.1 Å². The summed E-state index contributed by atoms with van der Waals surface area (Å²) in [7, 11) is 0. The molecule has 36 heavy (non-hydrogen) atoms. The van der Waals surface area contributed by atoms with Gasteiger partial charge in [0.25, 0.3) is 0 Å². The highest BCUT2D eigenvalue weighted by atomic mass is 79.9. The highest BCUT2D eigenvalue weighted by Gasteiger charge is 2.32. The summed E-state index contributed by atoms with van der Waals surface area (Å²) >= 11 is 3.49. The first-order valence-corrected chi connectivity index (χ1v) is 12.0. The van der Waals surface area contributed by atoms with Crippen LogP contribution in [0, 0.1) is 6.92 Å². The van der Waals surface area contributed by atoms with E-state index in [9.17, 15) is 18.0 Å². The first-order chi connectivity index (χ1) is 17.2. The zero-order valence-corrected chi connectivity index (χ0v) is 21.2. The van der Waals surface area contributed by atoms with Crippen LogP contribution in [0.3, 0.4) is 0 Å². The van der Waals surface area contributed by atoms with Crippen molar-refractivity contribution in [2.24, 2.45) is 0 Å². The molecule has 0 unspecified atom stereocenters. The van der Waals surface area contributed by atoms with E-state index in [0.29, 0.717) is 29.3 Å². The fourth-order valence-corrected chi connectivity index (χ4v) is 4.25. The molecule has 0 bridgehead atoms. The van der Waals surface area contributed by atoms with Gasteiger partial charge in [-0.2, -0.15) is 13.2 Å². The Bertz CT molecular complexity index is 1380. The third-order valence-electron chi connectivity index (χ3n) is 5.55. The van der Waals surface area contributed by atoms with Crippen LogP contribution in [0.2, 0.25) is 0 Å². The maximum Gasteiger partial charge on any atom is 0.416 e. The number of nitrogens with zero attached hydrogens (tertiary/aromatic N) is 1. The molecule has 0 aliphatic heterocycles. The summed E-state index contributed by atoms with van der Waals surface area (Å²) in [6.45, 7) is 3.77. The Morgan fingerprint density at radius 2 is 1.72 bits per heavy atom. The second kappa shape index (κ2) is 10.6. The SMILES string of the molecule is CCOC(=O)c1cc(-n2c(C)ccc2-c2cc(Br)ccc2OCc2ccccc2)cc(C(F)(F)F)c1. The maximum atomic E-state index is 13.8. The molecule has 0 N–H and O–H groups in total. The number of benzene rings is 3. The summed E-state index contributed by atoms with van der Waals surface area (Å²) in [6.07, 6.45) is -4.64. The van der Waals surface area contributed by atoms with Crippen molar-refractivity contribution in [3.8, 4) is 22.7 Å². The number of esters is 1. The molecule has 8 heteroatoms. The van der Waals surface area contributed by atoms with Crippen molar-refractivity contribution in [1.82, 2.24) is 4.57 Å². The molecule has 0 aliphatic carbocycles. The number of hydrogen-bond acceptors (Lipinski definition) is 3. The van der Waals surface area contributed by atoms with Gasteiger partial charge in [-0.3, -0.25) is 0 Å². The van der Waals surface area contributed by atoms with Gasteiger partial charge in [-0.1, -0.05) is 46.3 Å². The first kappa shape index (κ1) is 25.6. The van der Waals surface area contributed by atoms with Gasteiger partial charge < -0.3 is 14.0 Å². The minimum absolute atomic E-state index is 0.0539. The molecule has 1 heterocycles. The van der Waals surface area contributed by atoms with Crippen molar-refractivity contribution in [2.75, 3.05) is 6.61 Å². The van der Waals surface area contributed by atoms with Gasteiger partial charge in [0.1, 0.15) is 12.4 Å². The van der Waals surface area contributed by atoms with Crippen LogP contribution < -0.4 is 4.74 Å². The van der Waals surface area contributed by atoms with Crippen LogP contribution in [0.4, 0.5) is 13.2 Å². The number of halogens is 4. The van der Waals surface area contributed by atoms with E-state index in [1.54, 1.807) is 18.4 Å². The predicted octanol–water partition coefficient (Wildman–Crippen LogP) is 7.99. The summed E-state index contributed by atoms with van der Waals surface area (Å²) < 4.78 is 54.8. The lowest BCUT2D eigenvalue weighted by Gasteiger charge is -2.18. The largest absolute Gasteiger partial charge is 0.488 e. The van der Waals surface area contributed by atoms with E-state index < -0.39 is 17.7 Å². The molecule has 3 aromatic carbocycles. The van der Waals surface area contributed by atoms with E-state index in [0.717, 1.165) is 22.2 Å². The minimum atomic E-state index is -4.64. The third kappa shape index (κ3) is 5.65. The number of carbonyl (C=O) groups is 1. The smallest absolute Gasteiger partial charge is 0.416 e. The van der Waals surface area contributed by atoms with Gasteiger partial charge in [-0.25, -0.2) is 4.79 Å². The quantitative estimate of drug-likeness (QED) is 0.216. The van der Waals surface area contributed by atoms with Gasteiger partial charge in [0.15, 0.2) is 0 Å². The monoisotopic (exact) mass is 557 g/mol. The number of ether oxygens (including phenoxy) is 2. The second-order valence-corrected chi connectivity index (χ2v) is 9.01. The third-order valence-corrected chi connectivity index (χ3v) is 6.04. The zero-order valence-electron chi connectivity index (χ0n) is 19.6. The minimum Gasteiger partial charge on any atom is -0.488 e. The number of hydrogen-bond donors (Lipinski definition) is 0. The fraction of sp³-hybridized carbons (Fsp3) is 0.179. The van der Waals surface area contributed by atoms with E-state index >= 15 is 0 Å². The Morgan fingerprint density at radius 3 is 2.42 bits per heavy atom. The Balaban J connectivity index is 1.83. The van der Waals surface area contributed by atoms with E-state index in [4.69, 9.17) is 9.47 Å². The van der Waals surface area contributed by atoms with Gasteiger partial charge in [-0.15, -0.1) is 0 Å². The number of alkyl halides is 3. The molecule has 0 spiro atoms. The number of aryl methyl sites for hydroxylation is 1. The Morgan fingerprint density at radius 1 is 0.972 bits per heavy atom. The lowest BCUT2D eigenvalue weighted by molar-refractivity contribution is -0.137. The van der Waals surface area contributed by atoms with E-state index in [1.165, 1.54) is 6.07 Å².